The van der Waals surface area contributed by atoms with Crippen molar-refractivity contribution in [3.63, 3.8) is 0 Å². The zero-order chi connectivity index (χ0) is 13.0. The molecule has 0 N–H and O–H groups in total. The van der Waals surface area contributed by atoms with E-state index in [2.05, 4.69) is 0 Å². The third-order valence-corrected chi connectivity index (χ3v) is 3.24. The van der Waals surface area contributed by atoms with E-state index in [1.54, 1.807) is 18.2 Å². The van der Waals surface area contributed by atoms with E-state index in [0.29, 0.717) is 15.6 Å². The maximum atomic E-state index is 11.1. The van der Waals surface area contributed by atoms with Crippen LogP contribution >= 0.6 is 23.2 Å². The number of aldehydes is 1. The van der Waals surface area contributed by atoms with Gasteiger partial charge in [-0.2, -0.15) is 0 Å². The van der Waals surface area contributed by atoms with Gasteiger partial charge in [0.05, 0.1) is 10.0 Å². The van der Waals surface area contributed by atoms with Crippen LogP contribution in [0.15, 0.2) is 48.5 Å². The Hall–Kier alpha value is -1.57. The van der Waals surface area contributed by atoms with Crippen molar-refractivity contribution in [2.45, 2.75) is 0 Å². The first-order valence-electron chi connectivity index (χ1n) is 5.38. The summed E-state index contributed by atoms with van der Waals surface area (Å²) in [6.45, 7) is 0. The molecule has 3 heteroatoms. The second-order valence-corrected chi connectivity index (χ2v) is 4.57. The van der Waals surface area contributed by atoms with Crippen LogP contribution in [0.1, 0.15) is 11.1 Å². The predicted molar refractivity (Wildman–Crippen MR) is 76.8 cm³/mol. The van der Waals surface area contributed by atoms with Gasteiger partial charge in [-0.3, -0.25) is 4.79 Å². The lowest BCUT2D eigenvalue weighted by Gasteiger charge is -2.02. The lowest BCUT2D eigenvalue weighted by atomic mass is 10.0. The van der Waals surface area contributed by atoms with Crippen molar-refractivity contribution >= 4 is 41.1 Å². The van der Waals surface area contributed by atoms with Crippen LogP contribution in [0.25, 0.3) is 11.6 Å². The molecule has 18 heavy (non-hydrogen) atoms. The van der Waals surface area contributed by atoms with Crippen LogP contribution in [0.5, 0.6) is 0 Å². The zero-order valence-corrected chi connectivity index (χ0v) is 10.9. The molecule has 0 amide bonds. The molecule has 0 radical (unpaired) electrons. The van der Waals surface area contributed by atoms with Crippen LogP contribution in [0, 0.1) is 0 Å². The fourth-order valence-corrected chi connectivity index (χ4v) is 1.90. The largest absolute Gasteiger partial charge is 0.298 e. The van der Waals surface area contributed by atoms with Crippen LogP contribution in [0.4, 0.5) is 0 Å². The minimum atomic E-state index is 0.476. The SMILES string of the molecule is O=C/C(=C\c1ccc(Cl)c(Cl)c1)c1ccccc1. The number of carbonyl (C=O) groups is 1. The monoisotopic (exact) mass is 276 g/mol. The molecular weight excluding hydrogens is 267 g/mol. The molecular formula is C15H10Cl2O. The number of allylic oxidation sites excluding steroid dienone is 1. The molecule has 0 aromatic heterocycles. The lowest BCUT2D eigenvalue weighted by molar-refractivity contribution is -0.103. The zero-order valence-electron chi connectivity index (χ0n) is 9.44. The Bertz CT molecular complexity index is 589. The maximum Gasteiger partial charge on any atom is 0.150 e. The first-order valence-corrected chi connectivity index (χ1v) is 6.13. The number of hydrogen-bond donors (Lipinski definition) is 0. The molecule has 0 atom stereocenters. The van der Waals surface area contributed by atoms with Gasteiger partial charge in [0.2, 0.25) is 0 Å². The Morgan fingerprint density at radius 1 is 0.944 bits per heavy atom. The minimum absolute atomic E-state index is 0.476. The summed E-state index contributed by atoms with van der Waals surface area (Å²) in [5, 5.41) is 0.977. The molecule has 0 bridgehead atoms. The number of carbonyl (C=O) groups excluding carboxylic acids is 1. The molecule has 0 heterocycles. The van der Waals surface area contributed by atoms with Crippen molar-refractivity contribution in [1.29, 1.82) is 0 Å². The molecule has 0 aliphatic heterocycles. The third-order valence-electron chi connectivity index (χ3n) is 2.50. The van der Waals surface area contributed by atoms with Crippen LogP contribution in [0.2, 0.25) is 10.0 Å². The Labute approximate surface area is 116 Å². The smallest absolute Gasteiger partial charge is 0.150 e. The lowest BCUT2D eigenvalue weighted by Crippen LogP contribution is -1.85. The summed E-state index contributed by atoms with van der Waals surface area (Å²) >= 11 is 11.8. The summed E-state index contributed by atoms with van der Waals surface area (Å²) in [5.74, 6) is 0. The van der Waals surface area contributed by atoms with Gasteiger partial charge < -0.3 is 0 Å². The molecule has 0 unspecified atom stereocenters. The normalized spacial score (nSPS) is 11.3. The quantitative estimate of drug-likeness (QED) is 0.450. The van der Waals surface area contributed by atoms with Crippen LogP contribution in [-0.4, -0.2) is 6.29 Å². The van der Waals surface area contributed by atoms with Gasteiger partial charge in [0.15, 0.2) is 6.29 Å². The fraction of sp³-hybridized carbons (Fsp3) is 0. The molecule has 0 aliphatic carbocycles. The Balaban J connectivity index is 2.41. The summed E-state index contributed by atoms with van der Waals surface area (Å²) in [6.07, 6.45) is 2.61. The number of hydrogen-bond acceptors (Lipinski definition) is 1. The standard InChI is InChI=1S/C15H10Cl2O/c16-14-7-6-11(9-15(14)17)8-13(10-18)12-4-2-1-3-5-12/h1-10H/b13-8+. The van der Waals surface area contributed by atoms with Gasteiger partial charge in [0, 0.05) is 5.57 Å². The third kappa shape index (κ3) is 3.00. The van der Waals surface area contributed by atoms with Crippen molar-refractivity contribution < 1.29 is 4.79 Å². The van der Waals surface area contributed by atoms with Crippen molar-refractivity contribution in [3.8, 4) is 0 Å². The topological polar surface area (TPSA) is 17.1 Å². The average Bonchev–Trinajstić information content (AvgIpc) is 2.41. The van der Waals surface area contributed by atoms with Gasteiger partial charge in [-0.05, 0) is 29.3 Å². The van der Waals surface area contributed by atoms with Gasteiger partial charge in [-0.25, -0.2) is 0 Å². The highest BCUT2D eigenvalue weighted by Gasteiger charge is 2.02. The van der Waals surface area contributed by atoms with Crippen molar-refractivity contribution in [2.75, 3.05) is 0 Å². The Morgan fingerprint density at radius 3 is 2.28 bits per heavy atom. The van der Waals surface area contributed by atoms with Crippen molar-refractivity contribution in [2.24, 2.45) is 0 Å². The van der Waals surface area contributed by atoms with Gasteiger partial charge in [-0.1, -0.05) is 59.6 Å². The molecule has 0 saturated carbocycles. The van der Waals surface area contributed by atoms with Crippen molar-refractivity contribution in [1.82, 2.24) is 0 Å². The van der Waals surface area contributed by atoms with Gasteiger partial charge in [-0.15, -0.1) is 0 Å². The van der Waals surface area contributed by atoms with E-state index in [0.717, 1.165) is 17.4 Å². The number of rotatable bonds is 3. The highest BCUT2D eigenvalue weighted by molar-refractivity contribution is 6.42. The van der Waals surface area contributed by atoms with Crippen molar-refractivity contribution in [3.05, 3.63) is 69.7 Å². The molecule has 0 aliphatic rings. The highest BCUT2D eigenvalue weighted by Crippen LogP contribution is 2.24. The first-order chi connectivity index (χ1) is 8.70. The number of halogens is 2. The second kappa shape index (κ2) is 5.85. The first kappa shape index (κ1) is 12.9. The van der Waals surface area contributed by atoms with E-state index in [9.17, 15) is 4.79 Å². The van der Waals surface area contributed by atoms with Crippen LogP contribution in [-0.2, 0) is 4.79 Å². The number of benzene rings is 2. The summed E-state index contributed by atoms with van der Waals surface area (Å²) in [4.78, 5) is 11.1. The summed E-state index contributed by atoms with van der Waals surface area (Å²) in [7, 11) is 0. The van der Waals surface area contributed by atoms with Gasteiger partial charge in [0.25, 0.3) is 0 Å². The molecule has 90 valence electrons. The summed E-state index contributed by atoms with van der Waals surface area (Å²) in [5.41, 5.74) is 2.32. The fourth-order valence-electron chi connectivity index (χ4n) is 1.60. The summed E-state index contributed by atoms with van der Waals surface area (Å²) in [6, 6.07) is 14.7. The molecule has 2 aromatic carbocycles. The minimum Gasteiger partial charge on any atom is -0.298 e. The molecule has 0 fully saturated rings. The molecule has 1 nitrogen and oxygen atoms in total. The highest BCUT2D eigenvalue weighted by atomic mass is 35.5. The van der Waals surface area contributed by atoms with Gasteiger partial charge >= 0.3 is 0 Å². The maximum absolute atomic E-state index is 11.1. The van der Waals surface area contributed by atoms with E-state index >= 15 is 0 Å². The Morgan fingerprint density at radius 2 is 1.67 bits per heavy atom. The average molecular weight is 277 g/mol. The molecule has 2 aromatic rings. The Kier molecular flexibility index (Phi) is 4.19. The summed E-state index contributed by atoms with van der Waals surface area (Å²) < 4.78 is 0. The van der Waals surface area contributed by atoms with E-state index in [1.807, 2.05) is 36.4 Å². The van der Waals surface area contributed by atoms with Crippen LogP contribution < -0.4 is 0 Å². The van der Waals surface area contributed by atoms with E-state index in [4.69, 9.17) is 23.2 Å². The molecule has 2 rings (SSSR count). The van der Waals surface area contributed by atoms with E-state index < -0.39 is 0 Å². The molecule has 0 spiro atoms. The molecule has 0 saturated heterocycles. The van der Waals surface area contributed by atoms with E-state index in [1.165, 1.54) is 0 Å². The van der Waals surface area contributed by atoms with Gasteiger partial charge in [0.1, 0.15) is 0 Å². The predicted octanol–water partition coefficient (Wildman–Crippen LogP) is 4.73. The van der Waals surface area contributed by atoms with Crippen LogP contribution in [0.3, 0.4) is 0 Å². The van der Waals surface area contributed by atoms with E-state index in [-0.39, 0.29) is 0 Å². The second-order valence-electron chi connectivity index (χ2n) is 3.76.